The molecule has 0 bridgehead atoms. The molecule has 4 N–H and O–H groups in total. The van der Waals surface area contributed by atoms with E-state index in [0.29, 0.717) is 18.5 Å². The van der Waals surface area contributed by atoms with Gasteiger partial charge in [-0.2, -0.15) is 5.10 Å². The number of nitrogen functional groups attached to an aromatic ring is 1. The van der Waals surface area contributed by atoms with E-state index >= 15 is 0 Å². The Morgan fingerprint density at radius 2 is 2.35 bits per heavy atom. The summed E-state index contributed by atoms with van der Waals surface area (Å²) < 4.78 is 12.9. The van der Waals surface area contributed by atoms with Crippen molar-refractivity contribution in [2.75, 3.05) is 16.8 Å². The van der Waals surface area contributed by atoms with Crippen LogP contribution in [0.1, 0.15) is 12.8 Å². The zero-order chi connectivity index (χ0) is 14.4. The number of benzene rings is 1. The van der Waals surface area contributed by atoms with E-state index in [1.165, 1.54) is 36.3 Å². The molecule has 2 rings (SSSR count). The number of nitrogens with zero attached hydrogens (tertiary/aromatic N) is 2. The molecule has 0 aliphatic heterocycles. The average molecular weight is 295 g/mol. The van der Waals surface area contributed by atoms with Crippen LogP contribution in [0.5, 0.6) is 0 Å². The van der Waals surface area contributed by atoms with Crippen molar-refractivity contribution in [3.8, 4) is 0 Å². The standard InChI is InChI=1S/C12H14FN5OS/c13-8-3-4-10(9(14)6-8)17-11(19)2-1-5-20-12-15-7-16-18-12/h3-4,6-7H,1-2,5,14H2,(H,17,19)(H,15,16,18). The first-order chi connectivity index (χ1) is 9.65. The van der Waals surface area contributed by atoms with Gasteiger partial charge in [0, 0.05) is 12.2 Å². The maximum atomic E-state index is 12.9. The zero-order valence-corrected chi connectivity index (χ0v) is 11.4. The smallest absolute Gasteiger partial charge is 0.224 e. The molecule has 2 aromatic rings. The summed E-state index contributed by atoms with van der Waals surface area (Å²) in [7, 11) is 0. The van der Waals surface area contributed by atoms with E-state index < -0.39 is 5.82 Å². The zero-order valence-electron chi connectivity index (χ0n) is 10.6. The summed E-state index contributed by atoms with van der Waals surface area (Å²) in [6.45, 7) is 0. The molecule has 0 fully saturated rings. The third-order valence-corrected chi connectivity index (χ3v) is 3.43. The molecule has 20 heavy (non-hydrogen) atoms. The molecule has 0 spiro atoms. The van der Waals surface area contributed by atoms with Crippen molar-refractivity contribution < 1.29 is 9.18 Å². The lowest BCUT2D eigenvalue weighted by atomic mass is 10.2. The van der Waals surface area contributed by atoms with Gasteiger partial charge in [0.25, 0.3) is 0 Å². The Labute approximate surface area is 119 Å². The maximum Gasteiger partial charge on any atom is 0.224 e. The van der Waals surface area contributed by atoms with Crippen LogP contribution < -0.4 is 11.1 Å². The highest BCUT2D eigenvalue weighted by molar-refractivity contribution is 7.99. The van der Waals surface area contributed by atoms with Crippen molar-refractivity contribution >= 4 is 29.0 Å². The lowest BCUT2D eigenvalue weighted by Gasteiger charge is -2.07. The first kappa shape index (κ1) is 14.3. The lowest BCUT2D eigenvalue weighted by molar-refractivity contribution is -0.116. The molecule has 0 saturated carbocycles. The fourth-order valence-electron chi connectivity index (χ4n) is 1.53. The minimum atomic E-state index is -0.427. The highest BCUT2D eigenvalue weighted by Crippen LogP contribution is 2.19. The highest BCUT2D eigenvalue weighted by Gasteiger charge is 2.06. The Bertz CT molecular complexity index is 575. The fraction of sp³-hybridized carbons (Fsp3) is 0.250. The van der Waals surface area contributed by atoms with Crippen molar-refractivity contribution in [3.63, 3.8) is 0 Å². The SMILES string of the molecule is Nc1cc(F)ccc1NC(=O)CCCSc1ncn[nH]1. The van der Waals surface area contributed by atoms with Crippen molar-refractivity contribution in [1.29, 1.82) is 0 Å². The Morgan fingerprint density at radius 3 is 3.05 bits per heavy atom. The van der Waals surface area contributed by atoms with Gasteiger partial charge in [-0.15, -0.1) is 0 Å². The van der Waals surface area contributed by atoms with Gasteiger partial charge in [-0.25, -0.2) is 9.37 Å². The van der Waals surface area contributed by atoms with Crippen LogP contribution in [0, 0.1) is 5.82 Å². The van der Waals surface area contributed by atoms with Crippen molar-refractivity contribution in [2.24, 2.45) is 0 Å². The van der Waals surface area contributed by atoms with Gasteiger partial charge in [0.2, 0.25) is 5.91 Å². The van der Waals surface area contributed by atoms with Gasteiger partial charge >= 0.3 is 0 Å². The minimum absolute atomic E-state index is 0.151. The molecule has 0 radical (unpaired) electrons. The number of aromatic nitrogens is 3. The van der Waals surface area contributed by atoms with E-state index in [1.807, 2.05) is 0 Å². The van der Waals surface area contributed by atoms with E-state index in [9.17, 15) is 9.18 Å². The van der Waals surface area contributed by atoms with Crippen molar-refractivity contribution in [3.05, 3.63) is 30.3 Å². The predicted molar refractivity (Wildman–Crippen MR) is 75.8 cm³/mol. The number of hydrogen-bond acceptors (Lipinski definition) is 5. The Balaban J connectivity index is 1.72. The summed E-state index contributed by atoms with van der Waals surface area (Å²) in [6.07, 6.45) is 2.49. The van der Waals surface area contributed by atoms with Crippen LogP contribution in [0.2, 0.25) is 0 Å². The Kier molecular flexibility index (Phi) is 4.94. The molecule has 0 atom stereocenters. The van der Waals surface area contributed by atoms with Gasteiger partial charge in [0.1, 0.15) is 12.1 Å². The molecule has 6 nitrogen and oxygen atoms in total. The van der Waals surface area contributed by atoms with Crippen LogP contribution in [-0.2, 0) is 4.79 Å². The predicted octanol–water partition coefficient (Wildman–Crippen LogP) is 2.04. The molecular weight excluding hydrogens is 281 g/mol. The third kappa shape index (κ3) is 4.23. The van der Waals surface area contributed by atoms with Crippen LogP contribution >= 0.6 is 11.8 Å². The van der Waals surface area contributed by atoms with Gasteiger partial charge < -0.3 is 11.1 Å². The van der Waals surface area contributed by atoms with E-state index in [1.54, 1.807) is 0 Å². The molecule has 1 aromatic heterocycles. The molecule has 1 aromatic carbocycles. The summed E-state index contributed by atoms with van der Waals surface area (Å²) in [5.41, 5.74) is 6.26. The first-order valence-electron chi connectivity index (χ1n) is 5.98. The number of halogens is 1. The second-order valence-electron chi connectivity index (χ2n) is 4.02. The number of carbonyl (C=O) groups is 1. The van der Waals surface area contributed by atoms with E-state index in [-0.39, 0.29) is 11.6 Å². The summed E-state index contributed by atoms with van der Waals surface area (Å²) >= 11 is 1.50. The van der Waals surface area contributed by atoms with Crippen molar-refractivity contribution in [1.82, 2.24) is 15.2 Å². The van der Waals surface area contributed by atoms with Gasteiger partial charge in [-0.1, -0.05) is 11.8 Å². The molecule has 8 heteroatoms. The molecular formula is C12H14FN5OS. The number of H-pyrrole nitrogens is 1. The summed E-state index contributed by atoms with van der Waals surface area (Å²) in [4.78, 5) is 15.7. The van der Waals surface area contributed by atoms with Gasteiger partial charge in [0.15, 0.2) is 5.16 Å². The third-order valence-electron chi connectivity index (χ3n) is 2.47. The minimum Gasteiger partial charge on any atom is -0.397 e. The molecule has 0 saturated heterocycles. The largest absolute Gasteiger partial charge is 0.397 e. The normalized spacial score (nSPS) is 10.4. The quantitative estimate of drug-likeness (QED) is 0.430. The van der Waals surface area contributed by atoms with Gasteiger partial charge in [0.05, 0.1) is 11.4 Å². The number of nitrogens with one attached hydrogen (secondary N) is 2. The Morgan fingerprint density at radius 1 is 1.50 bits per heavy atom. The molecule has 1 amide bonds. The number of amides is 1. The van der Waals surface area contributed by atoms with Crippen molar-refractivity contribution in [2.45, 2.75) is 18.0 Å². The monoisotopic (exact) mass is 295 g/mol. The summed E-state index contributed by atoms with van der Waals surface area (Å²) in [6, 6.07) is 3.88. The first-order valence-corrected chi connectivity index (χ1v) is 6.97. The van der Waals surface area contributed by atoms with Gasteiger partial charge in [-0.3, -0.25) is 9.89 Å². The molecule has 0 aliphatic carbocycles. The average Bonchev–Trinajstić information content (AvgIpc) is 2.91. The number of hydrogen-bond donors (Lipinski definition) is 3. The number of thioether (sulfide) groups is 1. The van der Waals surface area contributed by atoms with Crippen LogP contribution in [-0.4, -0.2) is 26.8 Å². The van der Waals surface area contributed by atoms with Crippen LogP contribution in [0.25, 0.3) is 0 Å². The molecule has 106 valence electrons. The second kappa shape index (κ2) is 6.90. The van der Waals surface area contributed by atoms with Crippen LogP contribution in [0.4, 0.5) is 15.8 Å². The maximum absolute atomic E-state index is 12.9. The number of nitrogens with two attached hydrogens (primary N) is 1. The Hall–Kier alpha value is -2.09. The molecule has 1 heterocycles. The van der Waals surface area contributed by atoms with E-state index in [0.717, 1.165) is 10.9 Å². The van der Waals surface area contributed by atoms with Gasteiger partial charge in [-0.05, 0) is 24.6 Å². The second-order valence-corrected chi connectivity index (χ2v) is 5.11. The summed E-state index contributed by atoms with van der Waals surface area (Å²) in [5.74, 6) is 0.173. The van der Waals surface area contributed by atoms with Crippen LogP contribution in [0.3, 0.4) is 0 Å². The number of carbonyl (C=O) groups excluding carboxylic acids is 1. The molecule has 0 aliphatic rings. The number of rotatable bonds is 6. The van der Waals surface area contributed by atoms with E-state index in [2.05, 4.69) is 20.5 Å². The molecule has 0 unspecified atom stereocenters. The van der Waals surface area contributed by atoms with E-state index in [4.69, 9.17) is 5.73 Å². The fourth-order valence-corrected chi connectivity index (χ4v) is 2.25. The topological polar surface area (TPSA) is 96.7 Å². The van der Waals surface area contributed by atoms with Crippen LogP contribution in [0.15, 0.2) is 29.7 Å². The number of anilines is 2. The highest BCUT2D eigenvalue weighted by atomic mass is 32.2. The lowest BCUT2D eigenvalue weighted by Crippen LogP contribution is -2.13. The number of aromatic amines is 1. The summed E-state index contributed by atoms with van der Waals surface area (Å²) in [5, 5.41) is 9.84.